The van der Waals surface area contributed by atoms with Gasteiger partial charge >= 0.3 is 0 Å². The number of nitrogens with one attached hydrogen (secondary N) is 1. The van der Waals surface area contributed by atoms with Crippen LogP contribution in [0.3, 0.4) is 0 Å². The summed E-state index contributed by atoms with van der Waals surface area (Å²) in [4.78, 5) is 31.1. The number of alkyl halides is 1. The van der Waals surface area contributed by atoms with Crippen molar-refractivity contribution in [2.24, 2.45) is 0 Å². The van der Waals surface area contributed by atoms with Crippen LogP contribution >= 0.6 is 0 Å². The Labute approximate surface area is 255 Å². The first-order chi connectivity index (χ1) is 21.4. The molecule has 1 amide bonds. The summed E-state index contributed by atoms with van der Waals surface area (Å²) in [5.41, 5.74) is 3.46. The molecule has 13 heteroatoms. The zero-order chi connectivity index (χ0) is 30.6. The molecule has 0 spiro atoms. The molecule has 3 aliphatic heterocycles. The van der Waals surface area contributed by atoms with Gasteiger partial charge in [0.05, 0.1) is 31.4 Å². The predicted molar refractivity (Wildman–Crippen MR) is 160 cm³/mol. The van der Waals surface area contributed by atoms with Crippen LogP contribution in [-0.4, -0.2) is 113 Å². The second-order valence-corrected chi connectivity index (χ2v) is 11.3. The van der Waals surface area contributed by atoms with Crippen molar-refractivity contribution in [1.82, 2.24) is 24.8 Å². The molecule has 230 valence electrons. The van der Waals surface area contributed by atoms with Crippen molar-refractivity contribution in [2.75, 3.05) is 69.3 Å². The fourth-order valence-electron chi connectivity index (χ4n) is 5.80. The second-order valence-electron chi connectivity index (χ2n) is 11.3. The summed E-state index contributed by atoms with van der Waals surface area (Å²) < 4.78 is 26.2. The van der Waals surface area contributed by atoms with Crippen molar-refractivity contribution < 1.29 is 23.8 Å². The van der Waals surface area contributed by atoms with Gasteiger partial charge in [0.1, 0.15) is 30.9 Å². The van der Waals surface area contributed by atoms with E-state index in [-0.39, 0.29) is 30.8 Å². The fourth-order valence-corrected chi connectivity index (χ4v) is 5.80. The third-order valence-electron chi connectivity index (χ3n) is 8.40. The SMILES string of the molecule is Cc1cc(-c2ncnc(Nc3ccc(N4CCN(C5COC5)CC4)cc3)n2)cc(C#N)c1O[C@H]1CCN(C(=O)CO)C[C@@H]1F. The standard InChI is InChI=1S/C31H35FN8O4/c1-20-12-21(13-22(14-33)29(20)44-27-6-7-40(15-26(27)32)28(42)16-41)30-34-19-35-31(37-30)36-23-2-4-24(5-3-23)38-8-10-39(11-9-38)25-17-43-18-25/h2-5,12-13,19,25-27,41H,6-11,15-18H2,1H3,(H,34,35,36,37)/t26-,27-/m0/s1. The summed E-state index contributed by atoms with van der Waals surface area (Å²) in [6.45, 7) is 6.93. The number of halogens is 1. The molecule has 2 atom stereocenters. The minimum absolute atomic E-state index is 0.167. The van der Waals surface area contributed by atoms with E-state index < -0.39 is 24.8 Å². The smallest absolute Gasteiger partial charge is 0.248 e. The maximum Gasteiger partial charge on any atom is 0.248 e. The van der Waals surface area contributed by atoms with Crippen LogP contribution in [0.5, 0.6) is 5.75 Å². The monoisotopic (exact) mass is 602 g/mol. The Morgan fingerprint density at radius 2 is 1.93 bits per heavy atom. The van der Waals surface area contributed by atoms with Crippen molar-refractivity contribution in [3.63, 3.8) is 0 Å². The maximum atomic E-state index is 14.9. The molecule has 44 heavy (non-hydrogen) atoms. The lowest BCUT2D eigenvalue weighted by Crippen LogP contribution is -2.56. The molecule has 0 saturated carbocycles. The topological polar surface area (TPSA) is 140 Å². The van der Waals surface area contributed by atoms with Gasteiger partial charge in [0, 0.05) is 56.1 Å². The number of ether oxygens (including phenoxy) is 2. The van der Waals surface area contributed by atoms with Gasteiger partial charge in [0.25, 0.3) is 0 Å². The predicted octanol–water partition coefficient (Wildman–Crippen LogP) is 2.29. The fraction of sp³-hybridized carbons (Fsp3) is 0.452. The van der Waals surface area contributed by atoms with E-state index in [1.165, 1.54) is 16.9 Å². The number of aromatic nitrogens is 3. The number of hydrogen-bond donors (Lipinski definition) is 2. The van der Waals surface area contributed by atoms with Gasteiger partial charge in [0.2, 0.25) is 11.9 Å². The van der Waals surface area contributed by atoms with Crippen molar-refractivity contribution in [2.45, 2.75) is 31.7 Å². The highest BCUT2D eigenvalue weighted by atomic mass is 19.1. The number of carbonyl (C=O) groups excluding carboxylic acids is 1. The molecule has 12 nitrogen and oxygen atoms in total. The molecule has 6 rings (SSSR count). The average Bonchev–Trinajstić information content (AvgIpc) is 3.02. The highest BCUT2D eigenvalue weighted by molar-refractivity contribution is 5.77. The summed E-state index contributed by atoms with van der Waals surface area (Å²) >= 11 is 0. The zero-order valence-corrected chi connectivity index (χ0v) is 24.5. The number of aryl methyl sites for hydroxylation is 1. The molecule has 3 fully saturated rings. The molecule has 3 aromatic rings. The Bertz CT molecular complexity index is 1520. The number of piperazine rings is 1. The first kappa shape index (κ1) is 29.7. The van der Waals surface area contributed by atoms with Crippen LogP contribution in [0, 0.1) is 18.3 Å². The molecule has 3 aliphatic rings. The van der Waals surface area contributed by atoms with E-state index >= 15 is 0 Å². The number of carbonyl (C=O) groups is 1. The van der Waals surface area contributed by atoms with E-state index in [1.807, 2.05) is 12.1 Å². The molecule has 4 heterocycles. The maximum absolute atomic E-state index is 14.9. The molecule has 0 aliphatic carbocycles. The number of nitriles is 1. The zero-order valence-electron chi connectivity index (χ0n) is 24.5. The van der Waals surface area contributed by atoms with Crippen LogP contribution in [0.2, 0.25) is 0 Å². The van der Waals surface area contributed by atoms with Crippen molar-refractivity contribution >= 4 is 23.2 Å². The van der Waals surface area contributed by atoms with Crippen LogP contribution in [0.1, 0.15) is 17.5 Å². The Balaban J connectivity index is 1.11. The highest BCUT2D eigenvalue weighted by Gasteiger charge is 2.34. The van der Waals surface area contributed by atoms with Gasteiger partial charge in [-0.3, -0.25) is 9.69 Å². The number of amides is 1. The normalized spacial score (nSPS) is 21.0. The Hall–Kier alpha value is -4.38. The third kappa shape index (κ3) is 6.42. The lowest BCUT2D eigenvalue weighted by molar-refractivity contribution is -0.138. The molecule has 1 aromatic heterocycles. The summed E-state index contributed by atoms with van der Waals surface area (Å²) in [6.07, 6.45) is -0.614. The third-order valence-corrected chi connectivity index (χ3v) is 8.40. The van der Waals surface area contributed by atoms with Gasteiger partial charge in [-0.1, -0.05) is 0 Å². The Kier molecular flexibility index (Phi) is 8.83. The van der Waals surface area contributed by atoms with Gasteiger partial charge in [-0.25, -0.2) is 14.4 Å². The molecule has 0 radical (unpaired) electrons. The summed E-state index contributed by atoms with van der Waals surface area (Å²) in [7, 11) is 0. The summed E-state index contributed by atoms with van der Waals surface area (Å²) in [5, 5.41) is 22.2. The van der Waals surface area contributed by atoms with Crippen molar-refractivity contribution in [3.05, 3.63) is 53.9 Å². The number of piperidine rings is 1. The van der Waals surface area contributed by atoms with E-state index in [0.717, 1.165) is 45.1 Å². The van der Waals surface area contributed by atoms with Gasteiger partial charge in [-0.2, -0.15) is 10.2 Å². The molecule has 0 bridgehead atoms. The van der Waals surface area contributed by atoms with Crippen LogP contribution < -0.4 is 15.0 Å². The minimum Gasteiger partial charge on any atom is -0.486 e. The lowest BCUT2D eigenvalue weighted by Gasteiger charge is -2.43. The average molecular weight is 603 g/mol. The Morgan fingerprint density at radius 3 is 2.59 bits per heavy atom. The molecule has 2 aromatic carbocycles. The van der Waals surface area contributed by atoms with Gasteiger partial charge in [-0.15, -0.1) is 0 Å². The van der Waals surface area contributed by atoms with Crippen molar-refractivity contribution in [3.8, 4) is 23.2 Å². The highest BCUT2D eigenvalue weighted by Crippen LogP contribution is 2.32. The van der Waals surface area contributed by atoms with Crippen molar-refractivity contribution in [1.29, 1.82) is 5.26 Å². The van der Waals surface area contributed by atoms with Crippen LogP contribution in [0.25, 0.3) is 11.4 Å². The van der Waals surface area contributed by atoms with Crippen LogP contribution in [-0.2, 0) is 9.53 Å². The molecule has 0 unspecified atom stereocenters. The largest absolute Gasteiger partial charge is 0.486 e. The van der Waals surface area contributed by atoms with E-state index in [2.05, 4.69) is 48.3 Å². The molecule has 2 N–H and O–H groups in total. The quantitative estimate of drug-likeness (QED) is 0.393. The van der Waals surface area contributed by atoms with E-state index in [1.54, 1.807) is 19.1 Å². The van der Waals surface area contributed by atoms with Gasteiger partial charge in [0.15, 0.2) is 12.0 Å². The number of benzene rings is 2. The number of nitrogens with zero attached hydrogens (tertiary/aromatic N) is 7. The van der Waals surface area contributed by atoms with Gasteiger partial charge < -0.3 is 29.7 Å². The van der Waals surface area contributed by atoms with E-state index in [4.69, 9.17) is 14.6 Å². The summed E-state index contributed by atoms with van der Waals surface area (Å²) in [5.74, 6) is 0.507. The molecular formula is C31H35FN8O4. The first-order valence-corrected chi connectivity index (χ1v) is 14.8. The minimum atomic E-state index is -1.45. The number of aliphatic hydroxyl groups is 1. The van der Waals surface area contributed by atoms with E-state index in [9.17, 15) is 14.4 Å². The second kappa shape index (κ2) is 13.1. The number of anilines is 3. The van der Waals surface area contributed by atoms with Crippen LogP contribution in [0.4, 0.5) is 21.7 Å². The molecule has 3 saturated heterocycles. The number of likely N-dealkylation sites (tertiary alicyclic amines) is 1. The van der Waals surface area contributed by atoms with Crippen LogP contribution in [0.15, 0.2) is 42.7 Å². The number of rotatable bonds is 8. The van der Waals surface area contributed by atoms with E-state index in [0.29, 0.717) is 28.9 Å². The number of hydrogen-bond acceptors (Lipinski definition) is 11. The van der Waals surface area contributed by atoms with Gasteiger partial charge in [-0.05, 0) is 48.9 Å². The first-order valence-electron chi connectivity index (χ1n) is 14.8. The Morgan fingerprint density at radius 1 is 1.16 bits per heavy atom. The lowest BCUT2D eigenvalue weighted by atomic mass is 10.0. The number of aliphatic hydroxyl groups excluding tert-OH is 1. The molecular weight excluding hydrogens is 567 g/mol. The summed E-state index contributed by atoms with van der Waals surface area (Å²) in [6, 6.07) is 14.3.